The van der Waals surface area contributed by atoms with Crippen LogP contribution in [0.25, 0.3) is 0 Å². The van der Waals surface area contributed by atoms with Crippen molar-refractivity contribution >= 4 is 41.4 Å². The van der Waals surface area contributed by atoms with Crippen molar-refractivity contribution in [2.45, 2.75) is 59.4 Å². The van der Waals surface area contributed by atoms with Crippen molar-refractivity contribution in [2.24, 2.45) is 23.7 Å². The van der Waals surface area contributed by atoms with Crippen molar-refractivity contribution in [1.29, 1.82) is 0 Å². The molecule has 1 aliphatic carbocycles. The molecule has 4 N–H and O–H groups in total. The van der Waals surface area contributed by atoms with Gasteiger partial charge in [0.25, 0.3) is 0 Å². The van der Waals surface area contributed by atoms with Gasteiger partial charge in [0, 0.05) is 16.8 Å². The Morgan fingerprint density at radius 1 is 0.805 bits per heavy atom. The lowest BCUT2D eigenvalue weighted by atomic mass is 9.55. The molecule has 12 heteroatoms. The monoisotopic (exact) mass is 574 g/mol. The predicted octanol–water partition coefficient (Wildman–Crippen LogP) is 2.76. The second-order valence-electron chi connectivity index (χ2n) is 12.1. The first-order valence-electron chi connectivity index (χ1n) is 13.0. The average molecular weight is 575 g/mol. The van der Waals surface area contributed by atoms with Crippen molar-refractivity contribution in [3.8, 4) is 0 Å². The molecule has 0 spiro atoms. The Balaban J connectivity index is 2.32. The van der Waals surface area contributed by atoms with Gasteiger partial charge in [-0.15, -0.1) is 0 Å². The van der Waals surface area contributed by atoms with Crippen LogP contribution >= 0.6 is 0 Å². The number of esters is 2. The molecule has 2 amide bonds. The normalized spacial score (nSPS) is 20.2. The van der Waals surface area contributed by atoms with E-state index in [2.05, 4.69) is 17.2 Å². The van der Waals surface area contributed by atoms with Gasteiger partial charge in [-0.25, -0.2) is 9.59 Å². The van der Waals surface area contributed by atoms with Gasteiger partial charge < -0.3 is 30.3 Å². The second kappa shape index (κ2) is 12.5. The molecule has 2 unspecified atom stereocenters. The molecule has 0 saturated heterocycles. The van der Waals surface area contributed by atoms with E-state index in [0.717, 1.165) is 0 Å². The molecule has 1 fully saturated rings. The zero-order valence-electron chi connectivity index (χ0n) is 24.3. The van der Waals surface area contributed by atoms with Crippen LogP contribution < -0.4 is 10.6 Å². The van der Waals surface area contributed by atoms with Gasteiger partial charge in [0.2, 0.25) is 11.8 Å². The number of hydrogen-bond donors (Lipinski definition) is 4. The minimum atomic E-state index is -1.57. The predicted molar refractivity (Wildman–Crippen MR) is 147 cm³/mol. The van der Waals surface area contributed by atoms with Crippen LogP contribution in [0.5, 0.6) is 0 Å². The number of carbonyl (C=O) groups excluding carboxylic acids is 4. The fourth-order valence-corrected chi connectivity index (χ4v) is 4.42. The van der Waals surface area contributed by atoms with Crippen LogP contribution in [0, 0.1) is 23.7 Å². The summed E-state index contributed by atoms with van der Waals surface area (Å²) in [5.41, 5.74) is -0.263. The summed E-state index contributed by atoms with van der Waals surface area (Å²) >= 11 is 0. The van der Waals surface area contributed by atoms with E-state index in [4.69, 9.17) is 9.47 Å². The molecule has 0 heterocycles. The molecule has 12 nitrogen and oxygen atoms in total. The summed E-state index contributed by atoms with van der Waals surface area (Å²) in [6, 6.07) is 4.45. The third-order valence-electron chi connectivity index (χ3n) is 6.42. The Hall–Kier alpha value is -4.22. The highest BCUT2D eigenvalue weighted by Crippen LogP contribution is 2.47. The number of carboxylic acid groups (broad SMARTS) is 2. The van der Waals surface area contributed by atoms with Gasteiger partial charge in [-0.3, -0.25) is 19.2 Å². The van der Waals surface area contributed by atoms with Gasteiger partial charge in [0.15, 0.2) is 0 Å². The van der Waals surface area contributed by atoms with Gasteiger partial charge in [0.1, 0.15) is 13.2 Å². The highest BCUT2D eigenvalue weighted by Gasteiger charge is 2.63. The molecule has 0 bridgehead atoms. The highest BCUT2D eigenvalue weighted by molar-refractivity contribution is 6.04. The maximum Gasteiger partial charge on any atom is 0.338 e. The fourth-order valence-electron chi connectivity index (χ4n) is 4.42. The molecule has 1 aromatic carbocycles. The lowest BCUT2D eigenvalue weighted by Gasteiger charge is -2.46. The number of aliphatic carboxylic acids is 2. The quantitative estimate of drug-likeness (QED) is 0.184. The molecule has 2 atom stereocenters. The van der Waals surface area contributed by atoms with Crippen molar-refractivity contribution in [2.75, 3.05) is 18.5 Å². The summed E-state index contributed by atoms with van der Waals surface area (Å²) in [7, 11) is 0. The molecule has 224 valence electrons. The van der Waals surface area contributed by atoms with Gasteiger partial charge in [-0.1, -0.05) is 27.4 Å². The molecule has 0 aromatic heterocycles. The summed E-state index contributed by atoms with van der Waals surface area (Å²) in [6.07, 6.45) is 0. The molecule has 1 aliphatic rings. The largest absolute Gasteiger partial charge is 0.481 e. The SMILES string of the molecule is C=C(C)C(=O)OCCOC(=O)c1cc(NC(=O)C2C(C(=O)O)C(C(=O)NC(C)(C)C)C2C(=O)O)cc(C(C)(C)C)c1. The number of amides is 2. The molecular weight excluding hydrogens is 536 g/mol. The van der Waals surface area contributed by atoms with Crippen LogP contribution in [0.2, 0.25) is 0 Å². The lowest BCUT2D eigenvalue weighted by Crippen LogP contribution is -2.64. The first-order valence-corrected chi connectivity index (χ1v) is 13.0. The smallest absolute Gasteiger partial charge is 0.338 e. The Kier molecular flexibility index (Phi) is 10.1. The highest BCUT2D eigenvalue weighted by atomic mass is 16.6. The number of carbonyl (C=O) groups is 6. The fraction of sp³-hybridized carbons (Fsp3) is 0.517. The third kappa shape index (κ3) is 8.38. The molecule has 0 radical (unpaired) electrons. The molecule has 1 aromatic rings. The van der Waals surface area contributed by atoms with E-state index in [1.807, 2.05) is 20.8 Å². The van der Waals surface area contributed by atoms with Crippen LogP contribution in [0.15, 0.2) is 30.4 Å². The first-order chi connectivity index (χ1) is 18.7. The Bertz CT molecular complexity index is 1230. The van der Waals surface area contributed by atoms with Crippen molar-refractivity contribution < 1.29 is 48.5 Å². The minimum absolute atomic E-state index is 0.0552. The molecular formula is C29H38N2O10. The summed E-state index contributed by atoms with van der Waals surface area (Å²) in [6.45, 7) is 15.1. The van der Waals surface area contributed by atoms with Crippen molar-refractivity contribution in [3.63, 3.8) is 0 Å². The zero-order valence-corrected chi connectivity index (χ0v) is 24.3. The standard InChI is InChI=1S/C29H38N2O10/c1-14(2)26(38)40-9-10-41-27(39)15-11-16(28(3,4)5)13-17(12-15)30-22(32)18-20(24(34)35)19(21(18)25(36)37)23(33)31-29(6,7)8/h11-13,18-21H,1,9-10H2,2-8H3,(H,30,32)(H,31,33)(H,34,35)(H,36,37). The Morgan fingerprint density at radius 2 is 1.32 bits per heavy atom. The number of carboxylic acids is 2. The Labute approximate surface area is 238 Å². The maximum atomic E-state index is 13.3. The number of anilines is 1. The topological polar surface area (TPSA) is 185 Å². The van der Waals surface area contributed by atoms with E-state index < -0.39 is 70.3 Å². The number of nitrogens with one attached hydrogen (secondary N) is 2. The van der Waals surface area contributed by atoms with Crippen LogP contribution in [-0.4, -0.2) is 64.7 Å². The van der Waals surface area contributed by atoms with E-state index in [1.165, 1.54) is 13.0 Å². The van der Waals surface area contributed by atoms with Gasteiger partial charge in [0.05, 0.1) is 29.2 Å². The lowest BCUT2D eigenvalue weighted by molar-refractivity contribution is -0.180. The van der Waals surface area contributed by atoms with Crippen LogP contribution in [-0.2, 0) is 38.9 Å². The summed E-state index contributed by atoms with van der Waals surface area (Å²) in [5, 5.41) is 24.8. The average Bonchev–Trinajstić information content (AvgIpc) is 2.78. The Morgan fingerprint density at radius 3 is 1.78 bits per heavy atom. The number of rotatable bonds is 10. The summed E-state index contributed by atoms with van der Waals surface area (Å²) in [4.78, 5) is 74.5. The summed E-state index contributed by atoms with van der Waals surface area (Å²) < 4.78 is 10.1. The van der Waals surface area contributed by atoms with Gasteiger partial charge >= 0.3 is 23.9 Å². The van der Waals surface area contributed by atoms with Gasteiger partial charge in [-0.05, 0) is 56.9 Å². The van der Waals surface area contributed by atoms with E-state index in [9.17, 15) is 39.0 Å². The molecule has 0 aliphatic heterocycles. The number of benzene rings is 1. The van der Waals surface area contributed by atoms with E-state index in [0.29, 0.717) is 5.56 Å². The first kappa shape index (κ1) is 33.0. The van der Waals surface area contributed by atoms with Gasteiger partial charge in [-0.2, -0.15) is 0 Å². The second-order valence-corrected chi connectivity index (χ2v) is 12.1. The van der Waals surface area contributed by atoms with Crippen LogP contribution in [0.1, 0.15) is 64.4 Å². The number of ether oxygens (including phenoxy) is 2. The van der Waals surface area contributed by atoms with Crippen LogP contribution in [0.4, 0.5) is 5.69 Å². The molecule has 2 rings (SSSR count). The van der Waals surface area contributed by atoms with E-state index >= 15 is 0 Å². The van der Waals surface area contributed by atoms with Crippen molar-refractivity contribution in [3.05, 3.63) is 41.5 Å². The van der Waals surface area contributed by atoms with E-state index in [-0.39, 0.29) is 30.0 Å². The van der Waals surface area contributed by atoms with E-state index in [1.54, 1.807) is 32.9 Å². The van der Waals surface area contributed by atoms with Crippen molar-refractivity contribution in [1.82, 2.24) is 5.32 Å². The summed E-state index contributed by atoms with van der Waals surface area (Å²) in [5.74, 6) is -12.2. The zero-order chi connectivity index (χ0) is 31.4. The van der Waals surface area contributed by atoms with Crippen LogP contribution in [0.3, 0.4) is 0 Å². The molecule has 41 heavy (non-hydrogen) atoms. The minimum Gasteiger partial charge on any atom is -0.481 e. The number of hydrogen-bond acceptors (Lipinski definition) is 8. The third-order valence-corrected chi connectivity index (χ3v) is 6.42. The molecule has 1 saturated carbocycles. The maximum absolute atomic E-state index is 13.3.